The molecule has 2 saturated heterocycles. The predicted octanol–water partition coefficient (Wildman–Crippen LogP) is 7.37. The summed E-state index contributed by atoms with van der Waals surface area (Å²) < 4.78 is 56.9. The molecule has 0 aromatic heterocycles. The van der Waals surface area contributed by atoms with Crippen LogP contribution in [0, 0.1) is 0 Å². The minimum Gasteiger partial charge on any atom is -0.395 e. The molecule has 0 spiro atoms. The number of fused-ring (bicyclic) bond motifs is 1. The molecule has 2 aliphatic heterocycles. The molecule has 2 aliphatic rings. The van der Waals surface area contributed by atoms with Crippen molar-refractivity contribution in [1.82, 2.24) is 0 Å². The number of rotatable bonds is 11. The molecule has 0 aliphatic carbocycles. The van der Waals surface area contributed by atoms with Crippen LogP contribution in [0.4, 0.5) is 0 Å². The quantitative estimate of drug-likeness (QED) is 0.0740. The van der Waals surface area contributed by atoms with Crippen LogP contribution >= 0.6 is 7.82 Å². The Balaban J connectivity index is 1.31. The average Bonchev–Trinajstić information content (AvgIpc) is 3.06. The van der Waals surface area contributed by atoms with Gasteiger partial charge in [-0.3, -0.25) is 0 Å². The Morgan fingerprint density at radius 2 is 1.36 bits per heavy atom. The SMILES string of the molecule is [N-]=[N+]=N[C@@H]1C(OP(=O)(Oc2ccccc2)Oc2ccccc2)O[C@@H]2COC(c3ccccc3)O[C@H]2[C@@H]1OCc1ccccc1. The molecule has 44 heavy (non-hydrogen) atoms. The molecular weight excluding hydrogens is 585 g/mol. The first kappa shape index (κ1) is 29.9. The van der Waals surface area contributed by atoms with Gasteiger partial charge in [-0.1, -0.05) is 102 Å². The van der Waals surface area contributed by atoms with Gasteiger partial charge >= 0.3 is 7.82 Å². The first-order chi connectivity index (χ1) is 21.6. The fraction of sp³-hybridized carbons (Fsp3) is 0.250. The molecule has 0 bridgehead atoms. The molecule has 2 unspecified atom stereocenters. The minimum absolute atomic E-state index is 0.0989. The summed E-state index contributed by atoms with van der Waals surface area (Å²) in [6.07, 6.45) is -4.45. The van der Waals surface area contributed by atoms with E-state index in [0.29, 0.717) is 0 Å². The van der Waals surface area contributed by atoms with Crippen molar-refractivity contribution in [1.29, 1.82) is 0 Å². The summed E-state index contributed by atoms with van der Waals surface area (Å²) in [4.78, 5) is 3.05. The van der Waals surface area contributed by atoms with Crippen LogP contribution in [0.15, 0.2) is 126 Å². The van der Waals surface area contributed by atoms with E-state index < -0.39 is 44.8 Å². The van der Waals surface area contributed by atoms with Crippen molar-refractivity contribution in [2.75, 3.05) is 6.61 Å². The Kier molecular flexibility index (Phi) is 9.55. The van der Waals surface area contributed by atoms with E-state index in [2.05, 4.69) is 10.0 Å². The number of hydrogen-bond acceptors (Lipinski definition) is 9. The molecule has 11 nitrogen and oxygen atoms in total. The second-order valence-electron chi connectivity index (χ2n) is 10.0. The summed E-state index contributed by atoms with van der Waals surface area (Å²) in [7, 11) is -4.45. The summed E-state index contributed by atoms with van der Waals surface area (Å²) >= 11 is 0. The zero-order valence-corrected chi connectivity index (χ0v) is 24.4. The zero-order valence-electron chi connectivity index (χ0n) is 23.5. The summed E-state index contributed by atoms with van der Waals surface area (Å²) in [6, 6.07) is 34.8. The van der Waals surface area contributed by atoms with Gasteiger partial charge in [0.1, 0.15) is 35.9 Å². The van der Waals surface area contributed by atoms with Gasteiger partial charge in [-0.2, -0.15) is 0 Å². The Bertz CT molecular complexity index is 1530. The van der Waals surface area contributed by atoms with Crippen LogP contribution in [0.3, 0.4) is 0 Å². The van der Waals surface area contributed by atoms with E-state index in [1.54, 1.807) is 60.7 Å². The number of benzene rings is 4. The molecule has 6 rings (SSSR count). The smallest absolute Gasteiger partial charge is 0.395 e. The number of para-hydroxylation sites is 2. The van der Waals surface area contributed by atoms with Gasteiger partial charge in [0.15, 0.2) is 12.6 Å². The highest BCUT2D eigenvalue weighted by Gasteiger charge is 2.53. The van der Waals surface area contributed by atoms with Crippen molar-refractivity contribution < 1.29 is 37.1 Å². The maximum Gasteiger partial charge on any atom is 0.589 e. The van der Waals surface area contributed by atoms with Crippen LogP contribution in [-0.4, -0.2) is 37.3 Å². The Morgan fingerprint density at radius 3 is 1.95 bits per heavy atom. The molecule has 6 atom stereocenters. The number of azide groups is 1. The van der Waals surface area contributed by atoms with E-state index in [-0.39, 0.29) is 24.7 Å². The molecule has 4 aromatic rings. The van der Waals surface area contributed by atoms with Crippen LogP contribution in [-0.2, 0) is 34.6 Å². The highest BCUT2D eigenvalue weighted by Crippen LogP contribution is 2.52. The van der Waals surface area contributed by atoms with E-state index >= 15 is 0 Å². The minimum atomic E-state index is -4.45. The van der Waals surface area contributed by atoms with Gasteiger partial charge in [0.05, 0.1) is 13.2 Å². The lowest BCUT2D eigenvalue weighted by atomic mass is 9.96. The first-order valence-electron chi connectivity index (χ1n) is 14.1. The number of ether oxygens (including phenoxy) is 4. The Hall–Kier alpha value is -4.18. The number of hydrogen-bond donors (Lipinski definition) is 0. The fourth-order valence-electron chi connectivity index (χ4n) is 4.98. The maximum atomic E-state index is 14.3. The second-order valence-corrected chi connectivity index (χ2v) is 11.5. The van der Waals surface area contributed by atoms with Crippen molar-refractivity contribution in [3.8, 4) is 11.5 Å². The fourth-order valence-corrected chi connectivity index (χ4v) is 6.29. The van der Waals surface area contributed by atoms with Crippen molar-refractivity contribution >= 4 is 7.82 Å². The molecule has 226 valence electrons. The van der Waals surface area contributed by atoms with E-state index in [4.69, 9.17) is 32.5 Å². The normalized spacial score (nSPS) is 24.8. The zero-order chi connectivity index (χ0) is 30.2. The van der Waals surface area contributed by atoms with E-state index in [1.807, 2.05) is 60.7 Å². The third kappa shape index (κ3) is 7.30. The molecule has 12 heteroatoms. The Labute approximate surface area is 254 Å². The van der Waals surface area contributed by atoms with Gasteiger partial charge in [-0.25, -0.2) is 9.09 Å². The number of phosphoric acid groups is 1. The predicted molar refractivity (Wildman–Crippen MR) is 159 cm³/mol. The van der Waals surface area contributed by atoms with Gasteiger partial charge in [0, 0.05) is 10.5 Å². The summed E-state index contributed by atoms with van der Waals surface area (Å²) in [5.74, 6) is 0.486. The Morgan fingerprint density at radius 1 is 0.795 bits per heavy atom. The van der Waals surface area contributed by atoms with Crippen LogP contribution in [0.5, 0.6) is 11.5 Å². The van der Waals surface area contributed by atoms with Gasteiger partial charge in [-0.05, 0) is 35.4 Å². The van der Waals surface area contributed by atoms with Gasteiger partial charge in [-0.15, -0.1) is 0 Å². The highest BCUT2D eigenvalue weighted by molar-refractivity contribution is 7.49. The molecule has 2 heterocycles. The summed E-state index contributed by atoms with van der Waals surface area (Å²) in [6.45, 7) is 0.277. The van der Waals surface area contributed by atoms with Crippen molar-refractivity contribution in [2.24, 2.45) is 5.11 Å². The largest absolute Gasteiger partial charge is 0.589 e. The molecular formula is C32H30N3O8P. The average molecular weight is 616 g/mol. The third-order valence-electron chi connectivity index (χ3n) is 7.00. The lowest BCUT2D eigenvalue weighted by Gasteiger charge is -2.48. The van der Waals surface area contributed by atoms with Gasteiger partial charge in [0.25, 0.3) is 0 Å². The maximum absolute atomic E-state index is 14.3. The number of phosphoric ester groups is 1. The monoisotopic (exact) mass is 615 g/mol. The first-order valence-corrected chi connectivity index (χ1v) is 15.5. The third-order valence-corrected chi connectivity index (χ3v) is 8.34. The lowest BCUT2D eigenvalue weighted by Crippen LogP contribution is -2.62. The molecule has 4 aromatic carbocycles. The molecule has 0 amide bonds. The van der Waals surface area contributed by atoms with E-state index in [0.717, 1.165) is 11.1 Å². The second kappa shape index (κ2) is 14.1. The highest BCUT2D eigenvalue weighted by atomic mass is 31.2. The van der Waals surface area contributed by atoms with Crippen molar-refractivity contribution in [2.45, 2.75) is 43.5 Å². The standard InChI is InChI=1S/C32H30N3O8P/c33-35-34-28-30(37-21-23-13-5-1-6-14-23)29-27(22-38-31(40-29)24-15-7-2-8-16-24)39-32(28)43-44(36,41-25-17-9-3-10-18-25)42-26-19-11-4-12-20-26/h1-20,27-32H,21-22H2/t27-,28+,29-,30-,31?,32?/m1/s1. The van der Waals surface area contributed by atoms with Crippen LogP contribution < -0.4 is 9.05 Å². The molecule has 0 N–H and O–H groups in total. The van der Waals surface area contributed by atoms with E-state index in [9.17, 15) is 10.1 Å². The van der Waals surface area contributed by atoms with Crippen LogP contribution in [0.25, 0.3) is 10.4 Å². The summed E-state index contributed by atoms with van der Waals surface area (Å²) in [5.41, 5.74) is 11.3. The van der Waals surface area contributed by atoms with Gasteiger partial charge < -0.3 is 28.0 Å². The summed E-state index contributed by atoms with van der Waals surface area (Å²) in [5, 5.41) is 4.00. The van der Waals surface area contributed by atoms with Gasteiger partial charge in [0.2, 0.25) is 0 Å². The lowest BCUT2D eigenvalue weighted by molar-refractivity contribution is -0.338. The van der Waals surface area contributed by atoms with Crippen molar-refractivity contribution in [3.05, 3.63) is 143 Å². The van der Waals surface area contributed by atoms with E-state index in [1.165, 1.54) is 0 Å². The molecule has 0 radical (unpaired) electrons. The van der Waals surface area contributed by atoms with Crippen molar-refractivity contribution in [3.63, 3.8) is 0 Å². The van der Waals surface area contributed by atoms with Crippen LogP contribution in [0.1, 0.15) is 17.4 Å². The van der Waals surface area contributed by atoms with Crippen LogP contribution in [0.2, 0.25) is 0 Å². The molecule has 0 saturated carbocycles. The topological polar surface area (TPSA) is 130 Å². The molecule has 2 fully saturated rings. The number of nitrogens with zero attached hydrogens (tertiary/aromatic N) is 3.